The van der Waals surface area contributed by atoms with Crippen molar-refractivity contribution < 1.29 is 31.5 Å². The summed E-state index contributed by atoms with van der Waals surface area (Å²) in [7, 11) is -4.05. The third-order valence-corrected chi connectivity index (χ3v) is 16.0. The van der Waals surface area contributed by atoms with Gasteiger partial charge >= 0.3 is 8.69 Å². The SMILES string of the molecule is CC(C)(C)[Si](C)(C)OC/C(F)=C\CCBr.CC(C)(C)[Si](C)(C)OC/C(F)=C\CCOP=O.CCOCC. The molecule has 222 valence electrons. The number of alkyl halides is 1. The summed E-state index contributed by atoms with van der Waals surface area (Å²) < 4.78 is 57.4. The van der Waals surface area contributed by atoms with Gasteiger partial charge in [0.1, 0.15) is 11.7 Å². The lowest BCUT2D eigenvalue weighted by Crippen LogP contribution is -2.41. The molecule has 11 heteroatoms. The Kier molecular flexibility index (Phi) is 24.7. The Morgan fingerprint density at radius 3 is 1.46 bits per heavy atom. The minimum atomic E-state index is -1.89. The predicted molar refractivity (Wildman–Crippen MR) is 163 cm³/mol. The van der Waals surface area contributed by atoms with E-state index in [0.717, 1.165) is 18.5 Å². The molecule has 0 aromatic carbocycles. The van der Waals surface area contributed by atoms with Crippen LogP contribution in [0.4, 0.5) is 8.78 Å². The summed E-state index contributed by atoms with van der Waals surface area (Å²) in [6.07, 6.45) is 4.12. The summed E-state index contributed by atoms with van der Waals surface area (Å²) in [5.74, 6) is -0.444. The van der Waals surface area contributed by atoms with Crippen LogP contribution in [0.25, 0.3) is 0 Å². The fraction of sp³-hybridized carbons (Fsp3) is 0.846. The van der Waals surface area contributed by atoms with E-state index in [9.17, 15) is 13.3 Å². The largest absolute Gasteiger partial charge is 0.410 e. The zero-order valence-electron chi connectivity index (χ0n) is 25.4. The van der Waals surface area contributed by atoms with Gasteiger partial charge in [0.15, 0.2) is 16.6 Å². The van der Waals surface area contributed by atoms with E-state index < -0.39 is 16.6 Å². The highest BCUT2D eigenvalue weighted by atomic mass is 79.9. The molecule has 0 N–H and O–H groups in total. The highest BCUT2D eigenvalue weighted by Crippen LogP contribution is 2.37. The molecule has 0 radical (unpaired) electrons. The highest BCUT2D eigenvalue weighted by Gasteiger charge is 2.38. The van der Waals surface area contributed by atoms with E-state index in [2.05, 4.69) is 88.2 Å². The maximum atomic E-state index is 13.4. The average molecular weight is 652 g/mol. The Labute approximate surface area is 238 Å². The van der Waals surface area contributed by atoms with Gasteiger partial charge in [-0.05, 0) is 75.1 Å². The van der Waals surface area contributed by atoms with Crippen LogP contribution in [-0.4, -0.2) is 55.0 Å². The number of ether oxygens (including phenoxy) is 1. The molecule has 0 saturated heterocycles. The Balaban J connectivity index is -0.000000531. The van der Waals surface area contributed by atoms with Gasteiger partial charge < -0.3 is 13.6 Å². The second-order valence-electron chi connectivity index (χ2n) is 11.4. The van der Waals surface area contributed by atoms with Crippen molar-refractivity contribution in [2.75, 3.05) is 38.4 Å². The summed E-state index contributed by atoms with van der Waals surface area (Å²) in [6.45, 7) is 27.3. The summed E-state index contributed by atoms with van der Waals surface area (Å²) in [4.78, 5) is 0. The molecular formula is C26H54BrF2O5PSi2. The molecule has 0 amide bonds. The van der Waals surface area contributed by atoms with Crippen molar-refractivity contribution in [2.45, 2.75) is 104 Å². The van der Waals surface area contributed by atoms with E-state index in [4.69, 9.17) is 13.6 Å². The monoisotopic (exact) mass is 650 g/mol. The standard InChI is InChI=1S/C11H22BrFOSi.C11H22FO3PSi.C4H10O/c1-11(2,3)15(4,5)14-9-10(13)7-6-8-12;1-11(2,3)17(4,5)15-9-10(12)7-6-8-14-16-13;1-3-5-4-2/h7H,6,8-9H2,1-5H3;7H,6,8-9H2,1-5H3;3-4H2,1-2H3/b2*10-7+;. The summed E-state index contributed by atoms with van der Waals surface area (Å²) in [5.41, 5.74) is 0. The van der Waals surface area contributed by atoms with Crippen molar-refractivity contribution in [3.05, 3.63) is 23.8 Å². The number of allylic oxidation sites excluding steroid dienone is 1. The average Bonchev–Trinajstić information content (AvgIpc) is 2.78. The van der Waals surface area contributed by atoms with Crippen molar-refractivity contribution in [3.8, 4) is 0 Å². The van der Waals surface area contributed by atoms with Crippen LogP contribution < -0.4 is 0 Å². The van der Waals surface area contributed by atoms with Crippen LogP contribution in [0.2, 0.25) is 36.3 Å². The van der Waals surface area contributed by atoms with Crippen molar-refractivity contribution >= 4 is 41.3 Å². The van der Waals surface area contributed by atoms with Gasteiger partial charge in [-0.3, -0.25) is 4.52 Å². The summed E-state index contributed by atoms with van der Waals surface area (Å²) >= 11 is 3.26. The third kappa shape index (κ3) is 23.8. The summed E-state index contributed by atoms with van der Waals surface area (Å²) in [6, 6.07) is 0. The molecule has 37 heavy (non-hydrogen) atoms. The van der Waals surface area contributed by atoms with Gasteiger partial charge in [-0.1, -0.05) is 57.5 Å². The lowest BCUT2D eigenvalue weighted by Gasteiger charge is -2.35. The molecular weight excluding hydrogens is 597 g/mol. The van der Waals surface area contributed by atoms with E-state index in [0.29, 0.717) is 12.8 Å². The quantitative estimate of drug-likeness (QED) is 0.0810. The zero-order chi connectivity index (χ0) is 29.8. The fourth-order valence-corrected chi connectivity index (χ4v) is 4.04. The number of hydrogen-bond donors (Lipinski definition) is 0. The fourth-order valence-electron chi connectivity index (χ4n) is 1.77. The second-order valence-corrected chi connectivity index (χ2v) is 22.2. The first-order chi connectivity index (χ1) is 16.8. The van der Waals surface area contributed by atoms with Crippen LogP contribution in [-0.2, 0) is 22.7 Å². The van der Waals surface area contributed by atoms with E-state index in [1.54, 1.807) is 6.08 Å². The molecule has 0 aliphatic carbocycles. The van der Waals surface area contributed by atoms with E-state index in [1.807, 2.05) is 13.8 Å². The Hall–Kier alpha value is 0.194. The molecule has 5 nitrogen and oxygen atoms in total. The second kappa shape index (κ2) is 21.9. The maximum Gasteiger partial charge on any atom is 0.327 e. The first-order valence-corrected chi connectivity index (χ1v) is 20.5. The van der Waals surface area contributed by atoms with Crippen molar-refractivity contribution in [2.24, 2.45) is 0 Å². The van der Waals surface area contributed by atoms with Gasteiger partial charge in [0.05, 0.1) is 19.8 Å². The molecule has 0 aliphatic heterocycles. The first kappa shape index (κ1) is 41.7. The van der Waals surface area contributed by atoms with Crippen molar-refractivity contribution in [3.63, 3.8) is 0 Å². The molecule has 0 atom stereocenters. The lowest BCUT2D eigenvalue weighted by atomic mass is 10.2. The van der Waals surface area contributed by atoms with Gasteiger partial charge in [0.25, 0.3) is 0 Å². The Morgan fingerprint density at radius 2 is 1.19 bits per heavy atom. The maximum absolute atomic E-state index is 13.4. The van der Waals surface area contributed by atoms with E-state index >= 15 is 0 Å². The molecule has 0 aromatic heterocycles. The smallest absolute Gasteiger partial charge is 0.327 e. The van der Waals surface area contributed by atoms with Crippen molar-refractivity contribution in [1.82, 2.24) is 0 Å². The van der Waals surface area contributed by atoms with Gasteiger partial charge in [0, 0.05) is 18.5 Å². The number of rotatable bonds is 14. The van der Waals surface area contributed by atoms with Crippen LogP contribution in [0.3, 0.4) is 0 Å². The zero-order valence-corrected chi connectivity index (χ0v) is 29.9. The normalized spacial score (nSPS) is 13.6. The number of halogens is 3. The molecule has 0 heterocycles. The predicted octanol–water partition coefficient (Wildman–Crippen LogP) is 10.2. The van der Waals surface area contributed by atoms with Crippen LogP contribution >= 0.6 is 24.6 Å². The molecule has 0 aliphatic rings. The molecule has 0 aromatic rings. The minimum absolute atomic E-state index is 0.0194. The first-order valence-electron chi connectivity index (χ1n) is 12.9. The van der Waals surface area contributed by atoms with Crippen molar-refractivity contribution in [1.29, 1.82) is 0 Å². The van der Waals surface area contributed by atoms with Gasteiger partial charge in [-0.25, -0.2) is 13.3 Å². The van der Waals surface area contributed by atoms with Gasteiger partial charge in [-0.2, -0.15) is 0 Å². The minimum Gasteiger partial charge on any atom is -0.410 e. The van der Waals surface area contributed by atoms with Gasteiger partial charge in [0.2, 0.25) is 0 Å². The molecule has 0 unspecified atom stereocenters. The van der Waals surface area contributed by atoms with Crippen LogP contribution in [0.15, 0.2) is 23.8 Å². The number of hydrogen-bond acceptors (Lipinski definition) is 5. The third-order valence-electron chi connectivity index (χ3n) is 6.27. The molecule has 0 saturated carbocycles. The lowest BCUT2D eigenvalue weighted by molar-refractivity contribution is 0.162. The van der Waals surface area contributed by atoms with E-state index in [-0.39, 0.29) is 50.2 Å². The van der Waals surface area contributed by atoms with E-state index in [1.165, 1.54) is 6.08 Å². The molecule has 0 rings (SSSR count). The molecule has 0 spiro atoms. The Morgan fingerprint density at radius 1 is 0.811 bits per heavy atom. The highest BCUT2D eigenvalue weighted by molar-refractivity contribution is 9.09. The Bertz CT molecular complexity index is 648. The topological polar surface area (TPSA) is 54.0 Å². The van der Waals surface area contributed by atoms with Crippen LogP contribution in [0, 0.1) is 0 Å². The van der Waals surface area contributed by atoms with Crippen LogP contribution in [0.5, 0.6) is 0 Å². The summed E-state index contributed by atoms with van der Waals surface area (Å²) in [5, 5.41) is 1.01. The molecule has 0 bridgehead atoms. The van der Waals surface area contributed by atoms with Gasteiger partial charge in [-0.15, -0.1) is 0 Å². The van der Waals surface area contributed by atoms with Crippen LogP contribution in [0.1, 0.15) is 68.2 Å². The molecule has 0 fully saturated rings.